The number of hydrogen-bond donors (Lipinski definition) is 1. The van der Waals surface area contributed by atoms with Crippen molar-refractivity contribution in [1.29, 1.82) is 0 Å². The normalized spacial score (nSPS) is 13.6. The zero-order valence-corrected chi connectivity index (χ0v) is 11.0. The number of benzene rings is 1. The van der Waals surface area contributed by atoms with Crippen LogP contribution in [0.5, 0.6) is 11.5 Å². The second-order valence-electron chi connectivity index (χ2n) is 5.09. The Balaban J connectivity index is 2.25. The first-order chi connectivity index (χ1) is 8.88. The van der Waals surface area contributed by atoms with Gasteiger partial charge in [-0.15, -0.1) is 0 Å². The lowest BCUT2D eigenvalue weighted by molar-refractivity contribution is -0.137. The van der Waals surface area contributed by atoms with Crippen LogP contribution >= 0.6 is 0 Å². The summed E-state index contributed by atoms with van der Waals surface area (Å²) in [4.78, 5) is 10.5. The molecule has 0 spiro atoms. The summed E-state index contributed by atoms with van der Waals surface area (Å²) in [6.45, 7) is 3.08. The number of carbonyl (C=O) groups is 1. The number of carboxylic acid groups (broad SMARTS) is 1. The maximum absolute atomic E-state index is 14.0. The monoisotopic (exact) mass is 268 g/mol. The average molecular weight is 268 g/mol. The van der Waals surface area contributed by atoms with Crippen LogP contribution in [0.4, 0.5) is 4.39 Å². The van der Waals surface area contributed by atoms with E-state index in [0.29, 0.717) is 29.9 Å². The van der Waals surface area contributed by atoms with Gasteiger partial charge in [0.25, 0.3) is 0 Å². The number of fused-ring (bicyclic) bond motifs is 1. The molecule has 0 fully saturated rings. The molecule has 0 bridgehead atoms. The average Bonchev–Trinajstić information content (AvgIpc) is 2.75. The molecular weight excluding hydrogens is 251 g/mol. The van der Waals surface area contributed by atoms with Crippen molar-refractivity contribution in [2.45, 2.75) is 38.8 Å². The minimum Gasteiger partial charge on any atom is -0.481 e. The number of carboxylic acids is 1. The van der Waals surface area contributed by atoms with E-state index in [1.165, 1.54) is 13.8 Å². The van der Waals surface area contributed by atoms with Gasteiger partial charge in [0.1, 0.15) is 5.67 Å². The number of aryl methyl sites for hydroxylation is 1. The van der Waals surface area contributed by atoms with Crippen molar-refractivity contribution in [3.63, 3.8) is 0 Å². The van der Waals surface area contributed by atoms with Gasteiger partial charge in [-0.05, 0) is 49.9 Å². The molecule has 2 rings (SSSR count). The third kappa shape index (κ3) is 3.16. The first kappa shape index (κ1) is 13.6. The summed E-state index contributed by atoms with van der Waals surface area (Å²) in [5, 5.41) is 8.65. The Morgan fingerprint density at radius 2 is 2.16 bits per heavy atom. The molecule has 0 amide bonds. The molecule has 0 saturated carbocycles. The van der Waals surface area contributed by atoms with Gasteiger partial charge in [-0.1, -0.05) is 0 Å². The molecule has 0 aromatic heterocycles. The molecule has 1 aromatic carbocycles. The highest BCUT2D eigenvalue weighted by Gasteiger charge is 2.26. The largest absolute Gasteiger partial charge is 0.481 e. The number of hydrogen-bond acceptors (Lipinski definition) is 3. The summed E-state index contributed by atoms with van der Waals surface area (Å²) in [7, 11) is 0. The maximum atomic E-state index is 14.0. The van der Waals surface area contributed by atoms with Crippen LogP contribution in [0, 0.1) is 0 Å². The number of ether oxygens (including phenoxy) is 2. The van der Waals surface area contributed by atoms with E-state index in [1.807, 2.05) is 0 Å². The molecule has 0 radical (unpaired) electrons. The van der Waals surface area contributed by atoms with Crippen molar-refractivity contribution < 1.29 is 23.8 Å². The number of aliphatic carboxylic acids is 1. The van der Waals surface area contributed by atoms with Gasteiger partial charge in [0.15, 0.2) is 11.5 Å². The quantitative estimate of drug-likeness (QED) is 0.891. The Bertz CT molecular complexity index is 491. The van der Waals surface area contributed by atoms with E-state index in [0.717, 1.165) is 5.56 Å². The third-order valence-electron chi connectivity index (χ3n) is 3.07. The molecule has 104 valence electrons. The lowest BCUT2D eigenvalue weighted by Crippen LogP contribution is -2.09. The predicted molar refractivity (Wildman–Crippen MR) is 67.3 cm³/mol. The predicted octanol–water partition coefficient (Wildman–Crippen LogP) is 3.03. The van der Waals surface area contributed by atoms with E-state index in [9.17, 15) is 9.18 Å². The van der Waals surface area contributed by atoms with E-state index in [-0.39, 0.29) is 13.2 Å². The Labute approximate surface area is 111 Å². The minimum absolute atomic E-state index is 0.0822. The zero-order chi connectivity index (χ0) is 14.0. The molecule has 1 aliphatic heterocycles. The Hall–Kier alpha value is -1.78. The third-order valence-corrected chi connectivity index (χ3v) is 3.07. The van der Waals surface area contributed by atoms with Crippen LogP contribution in [-0.4, -0.2) is 17.9 Å². The number of alkyl halides is 1. The van der Waals surface area contributed by atoms with Gasteiger partial charge in [0.2, 0.25) is 6.79 Å². The zero-order valence-electron chi connectivity index (χ0n) is 11.0. The molecule has 5 heteroatoms. The second kappa shape index (κ2) is 5.07. The summed E-state index contributed by atoms with van der Waals surface area (Å²) in [6, 6.07) is 3.37. The van der Waals surface area contributed by atoms with E-state index >= 15 is 0 Å². The maximum Gasteiger partial charge on any atom is 0.303 e. The Morgan fingerprint density at radius 1 is 1.42 bits per heavy atom. The Kier molecular flexibility index (Phi) is 3.64. The van der Waals surface area contributed by atoms with Crippen molar-refractivity contribution in [2.75, 3.05) is 6.79 Å². The molecule has 0 saturated heterocycles. The van der Waals surface area contributed by atoms with Gasteiger partial charge in [0.05, 0.1) is 0 Å². The molecular formula is C14H17FO4. The van der Waals surface area contributed by atoms with Crippen LogP contribution in [0.25, 0.3) is 0 Å². The first-order valence-electron chi connectivity index (χ1n) is 6.21. The molecule has 1 aromatic rings. The fourth-order valence-corrected chi connectivity index (χ4v) is 2.04. The van der Waals surface area contributed by atoms with Gasteiger partial charge in [-0.2, -0.15) is 0 Å². The van der Waals surface area contributed by atoms with Gasteiger partial charge in [-0.25, -0.2) is 4.39 Å². The van der Waals surface area contributed by atoms with Gasteiger partial charge >= 0.3 is 5.97 Å². The minimum atomic E-state index is -1.47. The lowest BCUT2D eigenvalue weighted by Gasteiger charge is -2.17. The fraction of sp³-hybridized carbons (Fsp3) is 0.500. The van der Waals surface area contributed by atoms with Crippen molar-refractivity contribution >= 4 is 5.97 Å². The van der Waals surface area contributed by atoms with E-state index in [1.54, 1.807) is 12.1 Å². The standard InChI is InChI=1S/C14H17FO4/c1-14(2,15)10-6-9(4-3-5-12(16)17)13-11(7-10)18-8-19-13/h6-7H,3-5,8H2,1-2H3,(H,16,17). The molecule has 1 aliphatic rings. The smallest absolute Gasteiger partial charge is 0.303 e. The molecule has 1 heterocycles. The SMILES string of the molecule is CC(C)(F)c1cc(CCCC(=O)O)c2c(c1)OCO2. The fourth-order valence-electron chi connectivity index (χ4n) is 2.04. The number of halogens is 1. The van der Waals surface area contributed by atoms with Crippen LogP contribution in [0.3, 0.4) is 0 Å². The van der Waals surface area contributed by atoms with Crippen LogP contribution < -0.4 is 9.47 Å². The first-order valence-corrected chi connectivity index (χ1v) is 6.21. The van der Waals surface area contributed by atoms with Gasteiger partial charge < -0.3 is 14.6 Å². The molecule has 0 atom stereocenters. The summed E-state index contributed by atoms with van der Waals surface area (Å²) in [5.41, 5.74) is -0.151. The van der Waals surface area contributed by atoms with Crippen LogP contribution in [0.1, 0.15) is 37.8 Å². The van der Waals surface area contributed by atoms with E-state index < -0.39 is 11.6 Å². The molecule has 1 N–H and O–H groups in total. The van der Waals surface area contributed by atoms with Crippen molar-refractivity contribution in [2.24, 2.45) is 0 Å². The summed E-state index contributed by atoms with van der Waals surface area (Å²) < 4.78 is 24.7. The lowest BCUT2D eigenvalue weighted by atomic mass is 9.95. The van der Waals surface area contributed by atoms with E-state index in [4.69, 9.17) is 14.6 Å². The topological polar surface area (TPSA) is 55.8 Å². The summed E-state index contributed by atoms with van der Waals surface area (Å²) in [6.07, 6.45) is 1.10. The Morgan fingerprint density at radius 3 is 2.79 bits per heavy atom. The highest BCUT2D eigenvalue weighted by Crippen LogP contribution is 2.40. The summed E-state index contributed by atoms with van der Waals surface area (Å²) >= 11 is 0. The van der Waals surface area contributed by atoms with Crippen LogP contribution in [0.15, 0.2) is 12.1 Å². The van der Waals surface area contributed by atoms with Crippen LogP contribution in [0.2, 0.25) is 0 Å². The molecule has 4 nitrogen and oxygen atoms in total. The molecule has 0 unspecified atom stereocenters. The summed E-state index contributed by atoms with van der Waals surface area (Å²) in [5.74, 6) is 0.308. The second-order valence-corrected chi connectivity index (χ2v) is 5.09. The highest BCUT2D eigenvalue weighted by molar-refractivity contribution is 5.66. The molecule has 19 heavy (non-hydrogen) atoms. The highest BCUT2D eigenvalue weighted by atomic mass is 19.1. The molecule has 0 aliphatic carbocycles. The number of rotatable bonds is 5. The van der Waals surface area contributed by atoms with Crippen molar-refractivity contribution in [3.05, 3.63) is 23.3 Å². The van der Waals surface area contributed by atoms with Crippen molar-refractivity contribution in [3.8, 4) is 11.5 Å². The van der Waals surface area contributed by atoms with Gasteiger partial charge in [-0.3, -0.25) is 4.79 Å². The van der Waals surface area contributed by atoms with Gasteiger partial charge in [0, 0.05) is 6.42 Å². The van der Waals surface area contributed by atoms with E-state index in [2.05, 4.69) is 0 Å². The van der Waals surface area contributed by atoms with Crippen molar-refractivity contribution in [1.82, 2.24) is 0 Å². The van der Waals surface area contributed by atoms with Crippen LogP contribution in [-0.2, 0) is 16.9 Å².